The predicted octanol–water partition coefficient (Wildman–Crippen LogP) is 3.71. The lowest BCUT2D eigenvalue weighted by Crippen LogP contribution is -2.27. The minimum Gasteiger partial charge on any atom is -0.467 e. The first-order valence-electron chi connectivity index (χ1n) is 5.81. The molecule has 1 unspecified atom stereocenters. The maximum absolute atomic E-state index is 12.0. The van der Waals surface area contributed by atoms with Gasteiger partial charge in [-0.1, -0.05) is 0 Å². The molecular formula is C14H14INO3. The average molecular weight is 371 g/mol. The van der Waals surface area contributed by atoms with Crippen LogP contribution in [-0.4, -0.2) is 17.9 Å². The zero-order chi connectivity index (χ0) is 13.8. The molecule has 1 atom stereocenters. The van der Waals surface area contributed by atoms with Crippen molar-refractivity contribution in [1.29, 1.82) is 0 Å². The SMILES string of the molecule is CC(c1ccco1)N(C)C(=O)/C=C/c1ccc(I)o1. The summed E-state index contributed by atoms with van der Waals surface area (Å²) in [6, 6.07) is 7.23. The molecule has 0 spiro atoms. The Bertz CT molecular complexity index is 571. The van der Waals surface area contributed by atoms with Crippen molar-refractivity contribution in [2.45, 2.75) is 13.0 Å². The number of hydrogen-bond acceptors (Lipinski definition) is 3. The smallest absolute Gasteiger partial charge is 0.247 e. The summed E-state index contributed by atoms with van der Waals surface area (Å²) in [4.78, 5) is 13.6. The summed E-state index contributed by atoms with van der Waals surface area (Å²) in [5.74, 6) is 1.32. The number of carbonyl (C=O) groups is 1. The first-order chi connectivity index (χ1) is 9.08. The third-order valence-corrected chi connectivity index (χ3v) is 3.45. The number of halogens is 1. The molecule has 0 N–H and O–H groups in total. The second kappa shape index (κ2) is 6.10. The summed E-state index contributed by atoms with van der Waals surface area (Å²) in [7, 11) is 1.74. The number of carbonyl (C=O) groups excluding carboxylic acids is 1. The topological polar surface area (TPSA) is 46.6 Å². The van der Waals surface area contributed by atoms with E-state index < -0.39 is 0 Å². The zero-order valence-corrected chi connectivity index (χ0v) is 12.8. The third-order valence-electron chi connectivity index (χ3n) is 2.87. The van der Waals surface area contributed by atoms with E-state index in [0.29, 0.717) is 5.76 Å². The van der Waals surface area contributed by atoms with Crippen LogP contribution in [0.15, 0.2) is 45.4 Å². The minimum atomic E-state index is -0.108. The lowest BCUT2D eigenvalue weighted by molar-refractivity contribution is -0.126. The van der Waals surface area contributed by atoms with Gasteiger partial charge in [0.1, 0.15) is 11.5 Å². The van der Waals surface area contributed by atoms with Crippen LogP contribution in [0.4, 0.5) is 0 Å². The van der Waals surface area contributed by atoms with Crippen molar-refractivity contribution >= 4 is 34.6 Å². The Morgan fingerprint density at radius 3 is 2.79 bits per heavy atom. The van der Waals surface area contributed by atoms with Crippen LogP contribution >= 0.6 is 22.6 Å². The number of rotatable bonds is 4. The lowest BCUT2D eigenvalue weighted by atomic mass is 10.2. The summed E-state index contributed by atoms with van der Waals surface area (Å²) in [6.07, 6.45) is 4.76. The van der Waals surface area contributed by atoms with Gasteiger partial charge in [0.05, 0.1) is 12.3 Å². The summed E-state index contributed by atoms with van der Waals surface area (Å²) in [6.45, 7) is 1.92. The maximum Gasteiger partial charge on any atom is 0.247 e. The fourth-order valence-corrected chi connectivity index (χ4v) is 2.03. The van der Waals surface area contributed by atoms with E-state index in [9.17, 15) is 4.79 Å². The molecule has 1 amide bonds. The largest absolute Gasteiger partial charge is 0.467 e. The molecular weight excluding hydrogens is 357 g/mol. The van der Waals surface area contributed by atoms with Gasteiger partial charge in [-0.2, -0.15) is 0 Å². The van der Waals surface area contributed by atoms with Gasteiger partial charge in [0, 0.05) is 13.1 Å². The highest BCUT2D eigenvalue weighted by Gasteiger charge is 2.17. The Morgan fingerprint density at radius 2 is 2.21 bits per heavy atom. The van der Waals surface area contributed by atoms with Crippen molar-refractivity contribution in [3.05, 3.63) is 51.9 Å². The van der Waals surface area contributed by atoms with Gasteiger partial charge in [-0.15, -0.1) is 0 Å². The molecule has 0 bridgehead atoms. The first kappa shape index (κ1) is 13.9. The molecule has 0 fully saturated rings. The van der Waals surface area contributed by atoms with Gasteiger partial charge >= 0.3 is 0 Å². The van der Waals surface area contributed by atoms with Gasteiger partial charge in [0.25, 0.3) is 0 Å². The molecule has 2 rings (SSSR count). The highest BCUT2D eigenvalue weighted by atomic mass is 127. The fourth-order valence-electron chi connectivity index (χ4n) is 1.60. The van der Waals surface area contributed by atoms with Gasteiger partial charge in [-0.25, -0.2) is 0 Å². The molecule has 100 valence electrons. The molecule has 4 nitrogen and oxygen atoms in total. The van der Waals surface area contributed by atoms with Gasteiger partial charge in [-0.05, 0) is 59.9 Å². The van der Waals surface area contributed by atoms with Crippen molar-refractivity contribution in [2.75, 3.05) is 7.05 Å². The Kier molecular flexibility index (Phi) is 4.47. The van der Waals surface area contributed by atoms with E-state index >= 15 is 0 Å². The van der Waals surface area contributed by atoms with Crippen LogP contribution in [0.2, 0.25) is 0 Å². The normalized spacial score (nSPS) is 12.8. The summed E-state index contributed by atoms with van der Waals surface area (Å²) in [5.41, 5.74) is 0. The summed E-state index contributed by atoms with van der Waals surface area (Å²) < 4.78 is 11.4. The molecule has 0 aromatic carbocycles. The average Bonchev–Trinajstić information content (AvgIpc) is 3.05. The van der Waals surface area contributed by atoms with Crippen LogP contribution in [-0.2, 0) is 4.79 Å². The van der Waals surface area contributed by atoms with Crippen LogP contribution < -0.4 is 0 Å². The van der Waals surface area contributed by atoms with Crippen molar-refractivity contribution in [2.24, 2.45) is 0 Å². The number of hydrogen-bond donors (Lipinski definition) is 0. The summed E-state index contributed by atoms with van der Waals surface area (Å²) >= 11 is 2.08. The quantitative estimate of drug-likeness (QED) is 0.608. The maximum atomic E-state index is 12.0. The van der Waals surface area contributed by atoms with Crippen LogP contribution in [0.25, 0.3) is 6.08 Å². The van der Waals surface area contributed by atoms with Crippen LogP contribution in [0.3, 0.4) is 0 Å². The minimum absolute atomic E-state index is 0.102. The fraction of sp³-hybridized carbons (Fsp3) is 0.214. The molecule has 0 radical (unpaired) electrons. The standard InChI is InChI=1S/C14H14INO3/c1-10(12-4-3-9-18-12)16(2)14(17)8-6-11-5-7-13(15)19-11/h3-10H,1-2H3/b8-6+. The first-order valence-corrected chi connectivity index (χ1v) is 6.89. The van der Waals surface area contributed by atoms with E-state index in [1.54, 1.807) is 24.3 Å². The molecule has 0 aliphatic heterocycles. The molecule has 0 saturated heterocycles. The predicted molar refractivity (Wildman–Crippen MR) is 80.4 cm³/mol. The van der Waals surface area contributed by atoms with Crippen molar-refractivity contribution in [1.82, 2.24) is 4.90 Å². The number of furan rings is 2. The molecule has 0 aliphatic carbocycles. The Morgan fingerprint density at radius 1 is 1.42 bits per heavy atom. The Labute approximate surface area is 125 Å². The van der Waals surface area contributed by atoms with E-state index in [1.807, 2.05) is 31.2 Å². The van der Waals surface area contributed by atoms with E-state index in [-0.39, 0.29) is 11.9 Å². The number of likely N-dealkylation sites (N-methyl/N-ethyl adjacent to an activating group) is 1. The molecule has 2 aromatic heterocycles. The highest BCUT2D eigenvalue weighted by Crippen LogP contribution is 2.19. The zero-order valence-electron chi connectivity index (χ0n) is 10.7. The van der Waals surface area contributed by atoms with E-state index in [2.05, 4.69) is 22.6 Å². The van der Waals surface area contributed by atoms with Crippen molar-refractivity contribution in [3.63, 3.8) is 0 Å². The van der Waals surface area contributed by atoms with Crippen LogP contribution in [0, 0.1) is 3.77 Å². The van der Waals surface area contributed by atoms with Crippen LogP contribution in [0.1, 0.15) is 24.5 Å². The molecule has 2 aromatic rings. The van der Waals surface area contributed by atoms with Crippen molar-refractivity contribution < 1.29 is 13.6 Å². The number of amides is 1. The van der Waals surface area contributed by atoms with Gasteiger partial charge in [0.15, 0.2) is 3.77 Å². The van der Waals surface area contributed by atoms with Gasteiger partial charge in [-0.3, -0.25) is 4.79 Å². The molecule has 0 aliphatic rings. The van der Waals surface area contributed by atoms with Crippen LogP contribution in [0.5, 0.6) is 0 Å². The second-order valence-corrected chi connectivity index (χ2v) is 5.18. The van der Waals surface area contributed by atoms with E-state index in [4.69, 9.17) is 8.83 Å². The molecule has 0 saturated carbocycles. The monoisotopic (exact) mass is 371 g/mol. The van der Waals surface area contributed by atoms with Crippen molar-refractivity contribution in [3.8, 4) is 0 Å². The lowest BCUT2D eigenvalue weighted by Gasteiger charge is -2.21. The summed E-state index contributed by atoms with van der Waals surface area (Å²) in [5, 5.41) is 0. The number of nitrogens with zero attached hydrogens (tertiary/aromatic N) is 1. The Balaban J connectivity index is 2.01. The molecule has 5 heteroatoms. The molecule has 19 heavy (non-hydrogen) atoms. The molecule has 2 heterocycles. The van der Waals surface area contributed by atoms with E-state index in [0.717, 1.165) is 9.53 Å². The Hall–Kier alpha value is -1.50. The third kappa shape index (κ3) is 3.50. The van der Waals surface area contributed by atoms with Gasteiger partial charge in [0.2, 0.25) is 5.91 Å². The second-order valence-electron chi connectivity index (χ2n) is 4.12. The highest BCUT2D eigenvalue weighted by molar-refractivity contribution is 14.1. The van der Waals surface area contributed by atoms with Gasteiger partial charge < -0.3 is 13.7 Å². The van der Waals surface area contributed by atoms with E-state index in [1.165, 1.54) is 6.08 Å².